The van der Waals surface area contributed by atoms with Crippen molar-refractivity contribution in [2.24, 2.45) is 0 Å². The smallest absolute Gasteiger partial charge is 0.357 e. The van der Waals surface area contributed by atoms with Crippen LogP contribution in [0.3, 0.4) is 0 Å². The number of cyclic esters (lactones) is 1. The number of carbonyl (C=O) groups is 1. The summed E-state index contributed by atoms with van der Waals surface area (Å²) in [6, 6.07) is 1.93. The van der Waals surface area contributed by atoms with Gasteiger partial charge >= 0.3 is 5.97 Å². The van der Waals surface area contributed by atoms with Gasteiger partial charge in [0, 0.05) is 10.7 Å². The number of esters is 1. The van der Waals surface area contributed by atoms with Gasteiger partial charge in [0.25, 0.3) is 0 Å². The second-order valence-corrected chi connectivity index (χ2v) is 3.82. The molecule has 0 amide bonds. The zero-order valence-electron chi connectivity index (χ0n) is 6.92. The maximum Gasteiger partial charge on any atom is 0.357 e. The Morgan fingerprint density at radius 1 is 1.54 bits per heavy atom. The van der Waals surface area contributed by atoms with Crippen molar-refractivity contribution in [3.63, 3.8) is 0 Å². The van der Waals surface area contributed by atoms with E-state index >= 15 is 0 Å². The Kier molecular flexibility index (Phi) is 2.31. The van der Waals surface area contributed by atoms with Crippen molar-refractivity contribution in [2.75, 3.05) is 6.61 Å². The number of rotatable bonds is 0. The van der Waals surface area contributed by atoms with Gasteiger partial charge in [-0.1, -0.05) is 0 Å². The van der Waals surface area contributed by atoms with Crippen LogP contribution < -0.4 is 0 Å². The van der Waals surface area contributed by atoms with Crippen molar-refractivity contribution in [1.82, 2.24) is 4.98 Å². The first-order valence-electron chi connectivity index (χ1n) is 4.09. The molecule has 1 aliphatic rings. The molecular formula is C9H8BrNO2. The number of hydrogen-bond acceptors (Lipinski definition) is 3. The molecule has 0 aliphatic carbocycles. The maximum absolute atomic E-state index is 11.3. The fraction of sp³-hybridized carbons (Fsp3) is 0.333. The molecule has 0 saturated heterocycles. The normalized spacial score (nSPS) is 15.9. The molecule has 0 atom stereocenters. The molecule has 0 radical (unpaired) electrons. The van der Waals surface area contributed by atoms with Crippen LogP contribution in [0.2, 0.25) is 0 Å². The van der Waals surface area contributed by atoms with E-state index in [0.717, 1.165) is 22.9 Å². The summed E-state index contributed by atoms with van der Waals surface area (Å²) in [6.07, 6.45) is 3.34. The van der Waals surface area contributed by atoms with Crippen LogP contribution in [0.4, 0.5) is 0 Å². The van der Waals surface area contributed by atoms with Crippen molar-refractivity contribution in [2.45, 2.75) is 12.8 Å². The fourth-order valence-corrected chi connectivity index (χ4v) is 1.73. The van der Waals surface area contributed by atoms with Crippen molar-refractivity contribution >= 4 is 21.9 Å². The summed E-state index contributed by atoms with van der Waals surface area (Å²) < 4.78 is 5.86. The van der Waals surface area contributed by atoms with Gasteiger partial charge in [-0.25, -0.2) is 9.78 Å². The monoisotopic (exact) mass is 241 g/mol. The molecule has 68 valence electrons. The van der Waals surface area contributed by atoms with E-state index in [-0.39, 0.29) is 5.97 Å². The lowest BCUT2D eigenvalue weighted by molar-refractivity contribution is 0.0507. The van der Waals surface area contributed by atoms with Gasteiger partial charge in [0.1, 0.15) is 0 Å². The average Bonchev–Trinajstić information content (AvgIpc) is 2.28. The van der Waals surface area contributed by atoms with Gasteiger partial charge < -0.3 is 4.74 Å². The minimum absolute atomic E-state index is 0.306. The van der Waals surface area contributed by atoms with E-state index in [0.29, 0.717) is 12.3 Å². The Morgan fingerprint density at radius 3 is 3.23 bits per heavy atom. The lowest BCUT2D eigenvalue weighted by Gasteiger charge is -2.01. The number of pyridine rings is 1. The van der Waals surface area contributed by atoms with Gasteiger partial charge in [0.15, 0.2) is 5.69 Å². The van der Waals surface area contributed by atoms with Crippen LogP contribution >= 0.6 is 15.9 Å². The fourth-order valence-electron chi connectivity index (χ4n) is 1.35. The van der Waals surface area contributed by atoms with Gasteiger partial charge in [-0.15, -0.1) is 0 Å². The molecule has 0 fully saturated rings. The first kappa shape index (κ1) is 8.69. The van der Waals surface area contributed by atoms with E-state index in [1.54, 1.807) is 6.20 Å². The highest BCUT2D eigenvalue weighted by Gasteiger charge is 2.17. The number of aryl methyl sites for hydroxylation is 1. The van der Waals surface area contributed by atoms with Crippen LogP contribution in [-0.2, 0) is 11.2 Å². The van der Waals surface area contributed by atoms with Crippen molar-refractivity contribution in [3.8, 4) is 0 Å². The summed E-state index contributed by atoms with van der Waals surface area (Å²) in [5, 5.41) is 0. The van der Waals surface area contributed by atoms with Crippen LogP contribution in [0.15, 0.2) is 16.7 Å². The molecule has 4 heteroatoms. The zero-order chi connectivity index (χ0) is 9.26. The zero-order valence-corrected chi connectivity index (χ0v) is 8.50. The quantitative estimate of drug-likeness (QED) is 0.652. The molecule has 0 spiro atoms. The summed E-state index contributed by atoms with van der Waals surface area (Å²) in [5.74, 6) is -0.306. The van der Waals surface area contributed by atoms with Crippen molar-refractivity contribution in [3.05, 3.63) is 28.0 Å². The molecule has 0 N–H and O–H groups in total. The number of aromatic nitrogens is 1. The first-order valence-corrected chi connectivity index (χ1v) is 4.88. The minimum atomic E-state index is -0.306. The molecule has 13 heavy (non-hydrogen) atoms. The highest BCUT2D eigenvalue weighted by Crippen LogP contribution is 2.18. The van der Waals surface area contributed by atoms with Gasteiger partial charge in [-0.05, 0) is 40.4 Å². The molecule has 1 aromatic heterocycles. The van der Waals surface area contributed by atoms with E-state index in [9.17, 15) is 4.79 Å². The lowest BCUT2D eigenvalue weighted by atomic mass is 10.1. The van der Waals surface area contributed by atoms with Crippen LogP contribution in [0.5, 0.6) is 0 Å². The summed E-state index contributed by atoms with van der Waals surface area (Å²) in [7, 11) is 0. The molecule has 0 aromatic carbocycles. The highest BCUT2D eigenvalue weighted by molar-refractivity contribution is 9.10. The largest absolute Gasteiger partial charge is 0.461 e. The lowest BCUT2D eigenvalue weighted by Crippen LogP contribution is -2.06. The average molecular weight is 242 g/mol. The number of ether oxygens (including phenoxy) is 1. The van der Waals surface area contributed by atoms with E-state index < -0.39 is 0 Å². The van der Waals surface area contributed by atoms with E-state index in [2.05, 4.69) is 20.9 Å². The van der Waals surface area contributed by atoms with Crippen molar-refractivity contribution < 1.29 is 9.53 Å². The molecule has 1 aromatic rings. The third-order valence-electron chi connectivity index (χ3n) is 1.95. The Morgan fingerprint density at radius 2 is 2.38 bits per heavy atom. The summed E-state index contributed by atoms with van der Waals surface area (Å²) >= 11 is 3.32. The second kappa shape index (κ2) is 3.46. The molecule has 1 aliphatic heterocycles. The van der Waals surface area contributed by atoms with E-state index in [1.807, 2.05) is 6.07 Å². The summed E-state index contributed by atoms with van der Waals surface area (Å²) in [4.78, 5) is 15.4. The van der Waals surface area contributed by atoms with Gasteiger partial charge in [-0.2, -0.15) is 0 Å². The van der Waals surface area contributed by atoms with Crippen LogP contribution in [-0.4, -0.2) is 17.6 Å². The third-order valence-corrected chi connectivity index (χ3v) is 2.38. The topological polar surface area (TPSA) is 39.2 Å². The van der Waals surface area contributed by atoms with Gasteiger partial charge in [0.2, 0.25) is 0 Å². The Balaban J connectivity index is 2.48. The number of halogens is 1. The molecule has 0 saturated carbocycles. The molecule has 3 nitrogen and oxygen atoms in total. The van der Waals surface area contributed by atoms with Gasteiger partial charge in [-0.3, -0.25) is 0 Å². The molecule has 2 heterocycles. The van der Waals surface area contributed by atoms with Crippen LogP contribution in [0.25, 0.3) is 0 Å². The summed E-state index contributed by atoms with van der Waals surface area (Å²) in [5.41, 5.74) is 1.43. The van der Waals surface area contributed by atoms with Crippen LogP contribution in [0, 0.1) is 0 Å². The van der Waals surface area contributed by atoms with Gasteiger partial charge in [0.05, 0.1) is 6.61 Å². The maximum atomic E-state index is 11.3. The second-order valence-electron chi connectivity index (χ2n) is 2.90. The SMILES string of the molecule is O=C1OCCCc2cc(Br)cnc21. The third kappa shape index (κ3) is 1.72. The molecule has 2 rings (SSSR count). The number of nitrogens with zero attached hydrogens (tertiary/aromatic N) is 1. The summed E-state index contributed by atoms with van der Waals surface area (Å²) in [6.45, 7) is 0.493. The molecule has 0 bridgehead atoms. The van der Waals surface area contributed by atoms with E-state index in [1.165, 1.54) is 0 Å². The first-order chi connectivity index (χ1) is 6.27. The van der Waals surface area contributed by atoms with E-state index in [4.69, 9.17) is 4.74 Å². The molecular weight excluding hydrogens is 234 g/mol. The number of hydrogen-bond donors (Lipinski definition) is 0. The van der Waals surface area contributed by atoms with Crippen molar-refractivity contribution in [1.29, 1.82) is 0 Å². The Hall–Kier alpha value is -0.900. The number of carbonyl (C=O) groups excluding carboxylic acids is 1. The minimum Gasteiger partial charge on any atom is -0.461 e. The van der Waals surface area contributed by atoms with Crippen LogP contribution in [0.1, 0.15) is 22.5 Å². The predicted molar refractivity (Wildman–Crippen MR) is 50.5 cm³/mol. The molecule has 0 unspecified atom stereocenters. The predicted octanol–water partition coefficient (Wildman–Crippen LogP) is 1.95. The highest BCUT2D eigenvalue weighted by atomic mass is 79.9. The Labute approximate surface area is 84.2 Å². The number of fused-ring (bicyclic) bond motifs is 1. The Bertz CT molecular complexity index is 351. The standard InChI is InChI=1S/C9H8BrNO2/c10-7-4-6-2-1-3-13-9(12)8(6)11-5-7/h4-5H,1-3H2.